The molecule has 0 unspecified atom stereocenters. The third kappa shape index (κ3) is 3.86. The predicted molar refractivity (Wildman–Crippen MR) is 99.7 cm³/mol. The van der Waals surface area contributed by atoms with Crippen LogP contribution in [0.1, 0.15) is 10.5 Å². The number of nitrogens with one attached hydrogen (secondary N) is 1. The van der Waals surface area contributed by atoms with Crippen LogP contribution in [-0.4, -0.2) is 23.9 Å². The lowest BCUT2D eigenvalue weighted by Crippen LogP contribution is -2.31. The Morgan fingerprint density at radius 3 is 2.50 bits per heavy atom. The summed E-state index contributed by atoms with van der Waals surface area (Å²) in [5.41, 5.74) is 0.386. The molecule has 1 aromatic heterocycles. The molecule has 0 spiro atoms. The van der Waals surface area contributed by atoms with Gasteiger partial charge in [0.05, 0.1) is 15.7 Å². The van der Waals surface area contributed by atoms with Gasteiger partial charge in [0.25, 0.3) is 15.9 Å². The first-order chi connectivity index (χ1) is 12.3. The lowest BCUT2D eigenvalue weighted by Gasteiger charge is -2.07. The molecule has 0 aliphatic rings. The molecule has 1 amide bonds. The maximum atomic E-state index is 12.3. The molecule has 26 heavy (non-hydrogen) atoms. The molecule has 0 aliphatic heterocycles. The molecule has 0 bridgehead atoms. The van der Waals surface area contributed by atoms with Crippen molar-refractivity contribution in [3.05, 3.63) is 75.8 Å². The monoisotopic (exact) mass is 429 g/mol. The van der Waals surface area contributed by atoms with E-state index in [2.05, 4.69) is 4.98 Å². The van der Waals surface area contributed by atoms with E-state index in [1.165, 1.54) is 35.3 Å². The number of sulfonamides is 1. The lowest BCUT2D eigenvalue weighted by atomic mass is 10.3. The van der Waals surface area contributed by atoms with Crippen LogP contribution in [0.3, 0.4) is 0 Å². The van der Waals surface area contributed by atoms with Crippen molar-refractivity contribution in [3.63, 3.8) is 0 Å². The Morgan fingerprint density at radius 2 is 1.77 bits per heavy atom. The van der Waals surface area contributed by atoms with Crippen LogP contribution in [0.4, 0.5) is 0 Å². The molecular formula is C16H10Cl3N3O3S. The highest BCUT2D eigenvalue weighted by Crippen LogP contribution is 2.24. The van der Waals surface area contributed by atoms with Gasteiger partial charge in [-0.15, -0.1) is 0 Å². The molecule has 0 aliphatic carbocycles. The van der Waals surface area contributed by atoms with Crippen molar-refractivity contribution >= 4 is 50.7 Å². The molecule has 0 radical (unpaired) electrons. The van der Waals surface area contributed by atoms with Crippen LogP contribution in [0.15, 0.2) is 59.9 Å². The fourth-order valence-electron chi connectivity index (χ4n) is 2.15. The Labute approximate surface area is 164 Å². The highest BCUT2D eigenvalue weighted by molar-refractivity contribution is 7.90. The van der Waals surface area contributed by atoms with E-state index < -0.39 is 15.9 Å². The van der Waals surface area contributed by atoms with Crippen molar-refractivity contribution < 1.29 is 13.2 Å². The SMILES string of the molecule is O=C(NS(=O)(=O)c1ccccc1Cl)c1cn(-c2cc(Cl)ccc2Cl)cn1. The highest BCUT2D eigenvalue weighted by atomic mass is 35.5. The predicted octanol–water partition coefficient (Wildman–Crippen LogP) is 3.95. The van der Waals surface area contributed by atoms with Gasteiger partial charge < -0.3 is 4.57 Å². The molecule has 6 nitrogen and oxygen atoms in total. The number of amides is 1. The van der Waals surface area contributed by atoms with Gasteiger partial charge in [0.15, 0.2) is 0 Å². The maximum absolute atomic E-state index is 12.3. The number of benzene rings is 2. The summed E-state index contributed by atoms with van der Waals surface area (Å²) >= 11 is 17.9. The Hall–Kier alpha value is -2.06. The van der Waals surface area contributed by atoms with Crippen molar-refractivity contribution in [2.24, 2.45) is 0 Å². The molecule has 0 saturated carbocycles. The second-order valence-electron chi connectivity index (χ2n) is 5.13. The smallest absolute Gasteiger partial charge is 0.285 e. The summed E-state index contributed by atoms with van der Waals surface area (Å²) in [5.74, 6) is -0.901. The zero-order valence-electron chi connectivity index (χ0n) is 12.9. The number of aromatic nitrogens is 2. The number of hydrogen-bond donors (Lipinski definition) is 1. The lowest BCUT2D eigenvalue weighted by molar-refractivity contribution is 0.0977. The molecular weight excluding hydrogens is 421 g/mol. The van der Waals surface area contributed by atoms with Gasteiger partial charge in [-0.1, -0.05) is 46.9 Å². The summed E-state index contributed by atoms with van der Waals surface area (Å²) < 4.78 is 28.0. The fourth-order valence-corrected chi connectivity index (χ4v) is 4.01. The van der Waals surface area contributed by atoms with E-state index in [0.29, 0.717) is 15.7 Å². The minimum absolute atomic E-state index is 0.00374. The molecule has 1 heterocycles. The molecule has 3 aromatic rings. The number of halogens is 3. The van der Waals surface area contributed by atoms with Crippen LogP contribution < -0.4 is 4.72 Å². The van der Waals surface area contributed by atoms with Gasteiger partial charge in [-0.25, -0.2) is 18.1 Å². The number of rotatable bonds is 4. The van der Waals surface area contributed by atoms with Gasteiger partial charge in [0.2, 0.25) is 0 Å². The van der Waals surface area contributed by atoms with E-state index in [1.54, 1.807) is 24.3 Å². The molecule has 2 aromatic carbocycles. The molecule has 0 fully saturated rings. The standard InChI is InChI=1S/C16H10Cl3N3O3S/c17-10-5-6-11(18)14(7-10)22-8-13(20-9-22)16(23)21-26(24,25)15-4-2-1-3-12(15)19/h1-9H,(H,21,23). The first-order valence-electron chi connectivity index (χ1n) is 7.09. The van der Waals surface area contributed by atoms with Gasteiger partial charge in [-0.3, -0.25) is 4.79 Å². The molecule has 134 valence electrons. The maximum Gasteiger partial charge on any atom is 0.285 e. The van der Waals surface area contributed by atoms with Gasteiger partial charge in [0, 0.05) is 11.2 Å². The van der Waals surface area contributed by atoms with Crippen molar-refractivity contribution in [2.45, 2.75) is 4.90 Å². The van der Waals surface area contributed by atoms with Crippen molar-refractivity contribution in [1.29, 1.82) is 0 Å². The Morgan fingerprint density at radius 1 is 1.04 bits per heavy atom. The largest absolute Gasteiger partial charge is 0.304 e. The Kier molecular flexibility index (Phi) is 5.24. The van der Waals surface area contributed by atoms with Crippen LogP contribution in [-0.2, 0) is 10.0 Å². The second-order valence-corrected chi connectivity index (χ2v) is 8.03. The summed E-state index contributed by atoms with van der Waals surface area (Å²) in [6.45, 7) is 0. The summed E-state index contributed by atoms with van der Waals surface area (Å²) in [7, 11) is -4.14. The summed E-state index contributed by atoms with van der Waals surface area (Å²) in [6, 6.07) is 10.6. The molecule has 10 heteroatoms. The molecule has 1 N–H and O–H groups in total. The summed E-state index contributed by atoms with van der Waals surface area (Å²) in [4.78, 5) is 16.0. The minimum Gasteiger partial charge on any atom is -0.304 e. The van der Waals surface area contributed by atoms with Gasteiger partial charge >= 0.3 is 0 Å². The Bertz CT molecular complexity index is 1100. The zero-order chi connectivity index (χ0) is 18.9. The minimum atomic E-state index is -4.14. The first-order valence-corrected chi connectivity index (χ1v) is 9.71. The topological polar surface area (TPSA) is 81.1 Å². The fraction of sp³-hybridized carbons (Fsp3) is 0. The van der Waals surface area contributed by atoms with Crippen LogP contribution in [0.25, 0.3) is 5.69 Å². The normalized spacial score (nSPS) is 11.3. The van der Waals surface area contributed by atoms with E-state index in [9.17, 15) is 13.2 Å². The molecule has 0 atom stereocenters. The van der Waals surface area contributed by atoms with E-state index in [4.69, 9.17) is 34.8 Å². The molecule has 0 saturated heterocycles. The van der Waals surface area contributed by atoms with Crippen LogP contribution in [0.2, 0.25) is 15.1 Å². The number of nitrogens with zero attached hydrogens (tertiary/aromatic N) is 2. The van der Waals surface area contributed by atoms with Crippen LogP contribution in [0.5, 0.6) is 0 Å². The van der Waals surface area contributed by atoms with Crippen molar-refractivity contribution in [2.75, 3.05) is 0 Å². The molecule has 3 rings (SSSR count). The quantitative estimate of drug-likeness (QED) is 0.679. The van der Waals surface area contributed by atoms with Crippen LogP contribution >= 0.6 is 34.8 Å². The first kappa shape index (κ1) is 18.7. The number of imidazole rings is 1. The van der Waals surface area contributed by atoms with E-state index in [-0.39, 0.29) is 15.6 Å². The second kappa shape index (κ2) is 7.28. The van der Waals surface area contributed by atoms with Crippen LogP contribution in [0, 0.1) is 0 Å². The third-order valence-electron chi connectivity index (χ3n) is 3.35. The van der Waals surface area contributed by atoms with E-state index in [1.807, 2.05) is 4.72 Å². The van der Waals surface area contributed by atoms with E-state index >= 15 is 0 Å². The van der Waals surface area contributed by atoms with Gasteiger partial charge in [-0.05, 0) is 30.3 Å². The van der Waals surface area contributed by atoms with Crippen molar-refractivity contribution in [1.82, 2.24) is 14.3 Å². The average Bonchev–Trinajstić information content (AvgIpc) is 3.07. The van der Waals surface area contributed by atoms with E-state index in [0.717, 1.165) is 0 Å². The zero-order valence-corrected chi connectivity index (χ0v) is 15.9. The summed E-state index contributed by atoms with van der Waals surface area (Å²) in [5, 5.41) is 0.844. The average molecular weight is 431 g/mol. The Balaban J connectivity index is 1.87. The highest BCUT2D eigenvalue weighted by Gasteiger charge is 2.22. The van der Waals surface area contributed by atoms with Gasteiger partial charge in [0.1, 0.15) is 16.9 Å². The van der Waals surface area contributed by atoms with Gasteiger partial charge in [-0.2, -0.15) is 0 Å². The number of carbonyl (C=O) groups excluding carboxylic acids is 1. The number of hydrogen-bond acceptors (Lipinski definition) is 4. The number of carbonyl (C=O) groups is 1. The third-order valence-corrected chi connectivity index (χ3v) is 5.74. The summed E-state index contributed by atoms with van der Waals surface area (Å²) in [6.07, 6.45) is 2.67. The van der Waals surface area contributed by atoms with Crippen molar-refractivity contribution in [3.8, 4) is 5.69 Å².